The number of aromatic nitrogens is 1. The van der Waals surface area contributed by atoms with Crippen LogP contribution in [0.3, 0.4) is 0 Å². The van der Waals surface area contributed by atoms with Crippen LogP contribution in [0.25, 0.3) is 22.6 Å². The zero-order chi connectivity index (χ0) is 21.5. The monoisotopic (exact) mass is 443 g/mol. The molecule has 4 rings (SSSR count). The Kier molecular flexibility index (Phi) is 5.08. The van der Waals surface area contributed by atoms with E-state index < -0.39 is 16.1 Å². The minimum absolute atomic E-state index is 0.0471. The Labute approximate surface area is 177 Å². The van der Waals surface area contributed by atoms with Crippen LogP contribution in [0.5, 0.6) is 5.75 Å². The fraction of sp³-hybridized carbons (Fsp3) is 0.143. The third kappa shape index (κ3) is 3.69. The lowest BCUT2D eigenvalue weighted by Crippen LogP contribution is -2.13. The normalized spacial score (nSPS) is 11.6. The maximum Gasteiger partial charge on any atom is 0.349 e. The summed E-state index contributed by atoms with van der Waals surface area (Å²) in [6.07, 6.45) is 0. The molecule has 0 radical (unpaired) electrons. The lowest BCUT2D eigenvalue weighted by Gasteiger charge is -2.10. The summed E-state index contributed by atoms with van der Waals surface area (Å²) in [5, 5.41) is 1.49. The van der Waals surface area contributed by atoms with Crippen LogP contribution in [0.4, 0.5) is 0 Å². The van der Waals surface area contributed by atoms with Crippen LogP contribution in [-0.4, -0.2) is 26.5 Å². The number of thiophene rings is 1. The highest BCUT2D eigenvalue weighted by atomic mass is 32.2. The predicted molar refractivity (Wildman–Crippen MR) is 112 cm³/mol. The number of hydrogen-bond donors (Lipinski definition) is 0. The molecule has 0 bridgehead atoms. The number of fused-ring (bicyclic) bond motifs is 1. The van der Waals surface area contributed by atoms with Gasteiger partial charge >= 0.3 is 16.1 Å². The predicted octanol–water partition coefficient (Wildman–Crippen LogP) is 4.73. The third-order valence-corrected chi connectivity index (χ3v) is 6.68. The van der Waals surface area contributed by atoms with Gasteiger partial charge in [0.25, 0.3) is 0 Å². The highest BCUT2D eigenvalue weighted by Gasteiger charge is 2.28. The van der Waals surface area contributed by atoms with Crippen molar-refractivity contribution in [3.05, 3.63) is 63.8 Å². The zero-order valence-corrected chi connectivity index (χ0v) is 18.0. The van der Waals surface area contributed by atoms with E-state index in [4.69, 9.17) is 8.60 Å². The minimum atomic E-state index is -4.30. The van der Waals surface area contributed by atoms with Crippen LogP contribution in [0, 0.1) is 13.8 Å². The van der Waals surface area contributed by atoms with Crippen molar-refractivity contribution in [3.8, 4) is 17.2 Å². The smallest absolute Gasteiger partial charge is 0.349 e. The first-order valence-corrected chi connectivity index (χ1v) is 11.2. The molecule has 4 aromatic rings. The van der Waals surface area contributed by atoms with E-state index in [0.29, 0.717) is 16.7 Å². The summed E-state index contributed by atoms with van der Waals surface area (Å²) < 4.78 is 41.8. The largest absolute Gasteiger partial charge is 0.465 e. The Hall–Kier alpha value is -3.17. The molecule has 0 amide bonds. The number of ether oxygens (including phenoxy) is 1. The first-order chi connectivity index (χ1) is 14.3. The molecule has 0 N–H and O–H groups in total. The summed E-state index contributed by atoms with van der Waals surface area (Å²) in [5.41, 5.74) is 3.52. The van der Waals surface area contributed by atoms with Crippen LogP contribution in [0.1, 0.15) is 20.8 Å². The highest BCUT2D eigenvalue weighted by molar-refractivity contribution is 7.87. The lowest BCUT2D eigenvalue weighted by molar-refractivity contribution is 0.0602. The van der Waals surface area contributed by atoms with Gasteiger partial charge in [-0.25, -0.2) is 9.78 Å². The van der Waals surface area contributed by atoms with Gasteiger partial charge in [0.2, 0.25) is 5.89 Å². The fourth-order valence-corrected chi connectivity index (χ4v) is 5.19. The maximum absolute atomic E-state index is 12.9. The molecule has 30 heavy (non-hydrogen) atoms. The number of esters is 1. The Balaban J connectivity index is 1.79. The van der Waals surface area contributed by atoms with E-state index in [-0.39, 0.29) is 21.4 Å². The molecule has 9 heteroatoms. The van der Waals surface area contributed by atoms with E-state index in [1.54, 1.807) is 12.1 Å². The Morgan fingerprint density at radius 2 is 1.80 bits per heavy atom. The SMILES string of the molecule is COC(=O)c1sccc1S(=O)(=O)Oc1ccc(C)cc1-c1nc2ccc(C)cc2o1. The van der Waals surface area contributed by atoms with E-state index in [1.807, 2.05) is 32.0 Å². The number of nitrogens with zero attached hydrogens (tertiary/aromatic N) is 1. The summed E-state index contributed by atoms with van der Waals surface area (Å²) in [5.74, 6) is -0.459. The maximum atomic E-state index is 12.9. The van der Waals surface area contributed by atoms with Crippen molar-refractivity contribution in [1.29, 1.82) is 0 Å². The molecule has 0 spiro atoms. The van der Waals surface area contributed by atoms with Gasteiger partial charge in [-0.1, -0.05) is 17.7 Å². The molecule has 0 atom stereocenters. The fourth-order valence-electron chi connectivity index (χ4n) is 2.93. The van der Waals surface area contributed by atoms with E-state index >= 15 is 0 Å². The van der Waals surface area contributed by atoms with Gasteiger partial charge in [-0.3, -0.25) is 0 Å². The van der Waals surface area contributed by atoms with Crippen molar-refractivity contribution in [2.24, 2.45) is 0 Å². The second-order valence-electron chi connectivity index (χ2n) is 6.63. The van der Waals surface area contributed by atoms with Gasteiger partial charge in [0.1, 0.15) is 15.3 Å². The highest BCUT2D eigenvalue weighted by Crippen LogP contribution is 2.35. The van der Waals surface area contributed by atoms with Crippen LogP contribution in [0.15, 0.2) is 57.2 Å². The molecule has 2 aromatic heterocycles. The summed E-state index contributed by atoms with van der Waals surface area (Å²) in [6.45, 7) is 3.80. The van der Waals surface area contributed by atoms with Crippen LogP contribution in [0.2, 0.25) is 0 Å². The van der Waals surface area contributed by atoms with Crippen molar-refractivity contribution in [2.75, 3.05) is 7.11 Å². The lowest BCUT2D eigenvalue weighted by atomic mass is 10.1. The molecule has 2 heterocycles. The van der Waals surface area contributed by atoms with Crippen molar-refractivity contribution in [1.82, 2.24) is 4.98 Å². The molecular weight excluding hydrogens is 426 g/mol. The topological polar surface area (TPSA) is 95.7 Å². The van der Waals surface area contributed by atoms with E-state index in [0.717, 1.165) is 22.5 Å². The number of carbonyl (C=O) groups excluding carboxylic acids is 1. The number of carbonyl (C=O) groups is 1. The molecule has 154 valence electrons. The quantitative estimate of drug-likeness (QED) is 0.325. The second kappa shape index (κ2) is 7.58. The Morgan fingerprint density at radius 1 is 1.07 bits per heavy atom. The summed E-state index contributed by atoms with van der Waals surface area (Å²) in [6, 6.07) is 11.9. The van der Waals surface area contributed by atoms with Gasteiger partial charge < -0.3 is 13.3 Å². The second-order valence-corrected chi connectivity index (χ2v) is 9.06. The summed E-state index contributed by atoms with van der Waals surface area (Å²) in [4.78, 5) is 16.1. The van der Waals surface area contributed by atoms with Gasteiger partial charge in [-0.2, -0.15) is 8.42 Å². The number of methoxy groups -OCH3 is 1. The molecule has 0 fully saturated rings. The van der Waals surface area contributed by atoms with Crippen molar-refractivity contribution >= 4 is 38.5 Å². The summed E-state index contributed by atoms with van der Waals surface area (Å²) in [7, 11) is -3.11. The molecule has 0 aliphatic carbocycles. The van der Waals surface area contributed by atoms with E-state index in [9.17, 15) is 13.2 Å². The van der Waals surface area contributed by atoms with Crippen molar-refractivity contribution in [2.45, 2.75) is 18.7 Å². The molecule has 0 unspecified atom stereocenters. The first kappa shape index (κ1) is 20.1. The van der Waals surface area contributed by atoms with E-state index in [2.05, 4.69) is 9.72 Å². The number of aryl methyl sites for hydroxylation is 2. The number of oxazole rings is 1. The number of rotatable bonds is 5. The molecule has 0 aliphatic rings. The molecule has 7 nitrogen and oxygen atoms in total. The third-order valence-electron chi connectivity index (χ3n) is 4.38. The van der Waals surface area contributed by atoms with E-state index in [1.165, 1.54) is 24.6 Å². The van der Waals surface area contributed by atoms with Crippen molar-refractivity contribution < 1.29 is 26.5 Å². The van der Waals surface area contributed by atoms with Crippen LogP contribution >= 0.6 is 11.3 Å². The molecule has 0 saturated carbocycles. The molecular formula is C21H17NO6S2. The van der Waals surface area contributed by atoms with Crippen LogP contribution < -0.4 is 4.18 Å². The van der Waals surface area contributed by atoms with Gasteiger partial charge in [0, 0.05) is 0 Å². The van der Waals surface area contributed by atoms with Crippen molar-refractivity contribution in [3.63, 3.8) is 0 Å². The first-order valence-electron chi connectivity index (χ1n) is 8.87. The molecule has 0 aliphatic heterocycles. The Morgan fingerprint density at radius 3 is 2.57 bits per heavy atom. The number of benzene rings is 2. The molecule has 2 aromatic carbocycles. The van der Waals surface area contributed by atoms with Gasteiger partial charge in [0.15, 0.2) is 11.3 Å². The number of hydrogen-bond acceptors (Lipinski definition) is 8. The molecule has 0 saturated heterocycles. The van der Waals surface area contributed by atoms with Gasteiger partial charge in [-0.15, -0.1) is 11.3 Å². The minimum Gasteiger partial charge on any atom is -0.465 e. The Bertz CT molecular complexity index is 1370. The van der Waals surface area contributed by atoms with Gasteiger partial charge in [-0.05, 0) is 55.1 Å². The zero-order valence-electron chi connectivity index (χ0n) is 16.3. The standard InChI is InChI=1S/C21H17NO6S2/c1-12-5-7-16(28-30(24,25)18-8-9-29-19(18)21(23)26-3)14(10-12)20-22-15-6-4-13(2)11-17(15)27-20/h4-11H,1-3H3. The van der Waals surface area contributed by atoms with Crippen LogP contribution in [-0.2, 0) is 14.9 Å². The average molecular weight is 444 g/mol. The summed E-state index contributed by atoms with van der Waals surface area (Å²) >= 11 is 0.962. The average Bonchev–Trinajstić information content (AvgIpc) is 3.35. The van der Waals surface area contributed by atoms with Gasteiger partial charge in [0.05, 0.1) is 12.7 Å².